The average Bonchev–Trinajstić information content (AvgIpc) is 3.06. The summed E-state index contributed by atoms with van der Waals surface area (Å²) < 4.78 is 60.4. The Kier molecular flexibility index (Phi) is 13.1. The van der Waals surface area contributed by atoms with E-state index in [1.54, 1.807) is 38.1 Å². The van der Waals surface area contributed by atoms with Gasteiger partial charge in [0.1, 0.15) is 35.6 Å². The molecule has 0 aromatic heterocycles. The maximum atomic E-state index is 12.5. The van der Waals surface area contributed by atoms with Gasteiger partial charge in [0.25, 0.3) is 0 Å². The number of ether oxygens (including phenoxy) is 6. The van der Waals surface area contributed by atoms with Crippen LogP contribution >= 0.6 is 15.2 Å². The molecule has 4 atom stereocenters. The summed E-state index contributed by atoms with van der Waals surface area (Å²) in [6.45, 7) is 5.94. The van der Waals surface area contributed by atoms with E-state index >= 15 is 0 Å². The summed E-state index contributed by atoms with van der Waals surface area (Å²) >= 11 is 0. The summed E-state index contributed by atoms with van der Waals surface area (Å²) in [7, 11) is -6.64. The van der Waals surface area contributed by atoms with Gasteiger partial charge in [-0.05, 0) is 24.3 Å². The molecule has 2 aromatic rings. The standard InChI is InChI=1S/C32H50N2O14P2/c1-7-31(3)45-17-21-11-23(43-5)13-25(29(21)47-31)27(15-35)33(19-49(37,38)39)9-10-34(20-50(40,41)42)28(16-36)26-14-24(44-6)12-22-18-46-32(4,8-2)48-30(22)26/h11-14,27-28,35-36H,7-10,15-20H2,1-6H3,(H2,37,38,39)(H2,40,41,42). The zero-order chi connectivity index (χ0) is 37.1. The Bertz CT molecular complexity index is 1470. The van der Waals surface area contributed by atoms with E-state index in [2.05, 4.69) is 0 Å². The molecule has 0 aliphatic carbocycles. The molecule has 50 heavy (non-hydrogen) atoms. The van der Waals surface area contributed by atoms with Gasteiger partial charge in [-0.1, -0.05) is 13.8 Å². The van der Waals surface area contributed by atoms with Gasteiger partial charge in [-0.3, -0.25) is 18.9 Å². The van der Waals surface area contributed by atoms with Crippen LogP contribution in [0.2, 0.25) is 0 Å². The van der Waals surface area contributed by atoms with Crippen LogP contribution in [0.4, 0.5) is 0 Å². The monoisotopic (exact) mass is 748 g/mol. The first-order chi connectivity index (χ1) is 23.4. The fourth-order valence-electron chi connectivity index (χ4n) is 6.06. The minimum atomic E-state index is -4.78. The molecule has 16 nitrogen and oxygen atoms in total. The molecule has 4 unspecified atom stereocenters. The van der Waals surface area contributed by atoms with E-state index in [0.717, 1.165) is 0 Å². The Hall–Kier alpha value is -2.30. The van der Waals surface area contributed by atoms with Gasteiger partial charge in [0, 0.05) is 62.0 Å². The smallest absolute Gasteiger partial charge is 0.339 e. The van der Waals surface area contributed by atoms with Gasteiger partial charge < -0.3 is 58.2 Å². The van der Waals surface area contributed by atoms with Crippen molar-refractivity contribution in [1.82, 2.24) is 9.80 Å². The number of benzene rings is 2. The molecule has 0 saturated carbocycles. The number of hydrogen-bond donors (Lipinski definition) is 6. The van der Waals surface area contributed by atoms with Crippen LogP contribution in [0.25, 0.3) is 0 Å². The van der Waals surface area contributed by atoms with Crippen LogP contribution in [0.15, 0.2) is 24.3 Å². The lowest BCUT2D eigenvalue weighted by Crippen LogP contribution is -2.43. The van der Waals surface area contributed by atoms with Crippen LogP contribution in [0.1, 0.15) is 74.9 Å². The number of hydrogen-bond acceptors (Lipinski definition) is 12. The number of nitrogens with zero attached hydrogens (tertiary/aromatic N) is 2. The van der Waals surface area contributed by atoms with E-state index < -0.39 is 64.6 Å². The number of aliphatic hydroxyl groups is 2. The number of rotatable bonds is 17. The van der Waals surface area contributed by atoms with Gasteiger partial charge in [-0.25, -0.2) is 0 Å². The highest BCUT2D eigenvalue weighted by atomic mass is 31.2. The van der Waals surface area contributed by atoms with Crippen LogP contribution < -0.4 is 18.9 Å². The number of methoxy groups -OCH3 is 2. The Morgan fingerprint density at radius 2 is 1.08 bits per heavy atom. The molecular formula is C32H50N2O14P2. The molecule has 282 valence electrons. The van der Waals surface area contributed by atoms with Gasteiger partial charge in [0.05, 0.1) is 52.7 Å². The van der Waals surface area contributed by atoms with E-state index in [-0.39, 0.29) is 26.3 Å². The van der Waals surface area contributed by atoms with Crippen LogP contribution in [-0.4, -0.2) is 104 Å². The minimum absolute atomic E-state index is 0.157. The predicted octanol–water partition coefficient (Wildman–Crippen LogP) is 3.42. The molecular weight excluding hydrogens is 698 g/mol. The fraction of sp³-hybridized carbons (Fsp3) is 0.625. The Morgan fingerprint density at radius 3 is 1.36 bits per heavy atom. The Balaban J connectivity index is 1.78. The first-order valence-electron chi connectivity index (χ1n) is 16.3. The van der Waals surface area contributed by atoms with Crippen LogP contribution in [0.3, 0.4) is 0 Å². The summed E-state index contributed by atoms with van der Waals surface area (Å²) in [5, 5.41) is 21.6. The molecule has 6 N–H and O–H groups in total. The lowest BCUT2D eigenvalue weighted by Gasteiger charge is -2.40. The highest BCUT2D eigenvalue weighted by molar-refractivity contribution is 7.51. The van der Waals surface area contributed by atoms with E-state index in [0.29, 0.717) is 58.1 Å². The van der Waals surface area contributed by atoms with E-state index in [9.17, 15) is 38.9 Å². The van der Waals surface area contributed by atoms with Crippen molar-refractivity contribution in [3.63, 3.8) is 0 Å². The van der Waals surface area contributed by atoms with Crippen LogP contribution in [0, 0.1) is 0 Å². The average molecular weight is 749 g/mol. The molecule has 4 rings (SSSR count). The molecule has 18 heteroatoms. The van der Waals surface area contributed by atoms with E-state index in [4.69, 9.17) is 28.4 Å². The molecule has 0 fully saturated rings. The maximum Gasteiger partial charge on any atom is 0.339 e. The van der Waals surface area contributed by atoms with Crippen molar-refractivity contribution < 1.29 is 67.3 Å². The minimum Gasteiger partial charge on any atom is -0.497 e. The summed E-state index contributed by atoms with van der Waals surface area (Å²) in [4.78, 5) is 43.4. The summed E-state index contributed by atoms with van der Waals surface area (Å²) in [5.41, 5.74) is 1.98. The third-order valence-electron chi connectivity index (χ3n) is 9.15. The third kappa shape index (κ3) is 9.77. The SMILES string of the molecule is CCC1(C)OCc2cc(OC)cc(C(CO)N(CCN(CP(=O)(O)O)C(CO)c3cc(OC)cc4c3OC(C)(CC)OC4)CP(=O)(O)O)c2O1. The maximum absolute atomic E-state index is 12.5. The predicted molar refractivity (Wildman–Crippen MR) is 181 cm³/mol. The fourth-order valence-corrected chi connectivity index (χ4v) is 7.69. The lowest BCUT2D eigenvalue weighted by atomic mass is 9.98. The zero-order valence-corrected chi connectivity index (χ0v) is 31.1. The lowest BCUT2D eigenvalue weighted by molar-refractivity contribution is -0.195. The Morgan fingerprint density at radius 1 is 0.720 bits per heavy atom. The van der Waals surface area contributed by atoms with Gasteiger partial charge in [-0.15, -0.1) is 0 Å². The van der Waals surface area contributed by atoms with Crippen molar-refractivity contribution in [2.45, 2.75) is 77.4 Å². The van der Waals surface area contributed by atoms with Gasteiger partial charge in [0.15, 0.2) is 0 Å². The van der Waals surface area contributed by atoms with Crippen molar-refractivity contribution in [3.8, 4) is 23.0 Å². The zero-order valence-electron chi connectivity index (χ0n) is 29.3. The second-order valence-electron chi connectivity index (χ2n) is 12.8. The molecule has 0 bridgehead atoms. The highest BCUT2D eigenvalue weighted by Gasteiger charge is 2.39. The molecule has 0 saturated heterocycles. The second kappa shape index (κ2) is 16.2. The second-order valence-corrected chi connectivity index (χ2v) is 16.0. The van der Waals surface area contributed by atoms with Crippen molar-refractivity contribution in [1.29, 1.82) is 0 Å². The van der Waals surface area contributed by atoms with Crippen LogP contribution in [-0.2, 0) is 31.8 Å². The normalized spacial score (nSPS) is 22.0. The highest BCUT2D eigenvalue weighted by Crippen LogP contribution is 2.47. The quantitative estimate of drug-likeness (QED) is 0.128. The topological polar surface area (TPSA) is 217 Å². The largest absolute Gasteiger partial charge is 0.497 e. The number of fused-ring (bicyclic) bond motifs is 2. The molecule has 2 aliphatic rings. The van der Waals surface area contributed by atoms with Crippen molar-refractivity contribution >= 4 is 15.2 Å². The molecule has 0 spiro atoms. The summed E-state index contributed by atoms with van der Waals surface area (Å²) in [6.07, 6.45) is -0.670. The third-order valence-corrected chi connectivity index (χ3v) is 10.6. The van der Waals surface area contributed by atoms with Crippen molar-refractivity contribution in [3.05, 3.63) is 46.5 Å². The summed E-state index contributed by atoms with van der Waals surface area (Å²) in [6, 6.07) is 4.54. The molecule has 0 amide bonds. The first kappa shape index (κ1) is 40.5. The number of aliphatic hydroxyl groups excluding tert-OH is 2. The van der Waals surface area contributed by atoms with Crippen molar-refractivity contribution in [2.24, 2.45) is 0 Å². The van der Waals surface area contributed by atoms with E-state index in [1.807, 2.05) is 13.8 Å². The van der Waals surface area contributed by atoms with Gasteiger partial charge in [-0.2, -0.15) is 0 Å². The first-order valence-corrected chi connectivity index (χ1v) is 19.9. The van der Waals surface area contributed by atoms with Gasteiger partial charge >= 0.3 is 15.2 Å². The Labute approximate surface area is 292 Å². The molecule has 0 radical (unpaired) electrons. The molecule has 2 aliphatic heterocycles. The van der Waals surface area contributed by atoms with E-state index in [1.165, 1.54) is 24.0 Å². The molecule has 2 heterocycles. The van der Waals surface area contributed by atoms with Crippen LogP contribution in [0.5, 0.6) is 23.0 Å². The van der Waals surface area contributed by atoms with Crippen molar-refractivity contribution in [2.75, 3.05) is 53.1 Å². The summed E-state index contributed by atoms with van der Waals surface area (Å²) in [5.74, 6) is -0.466. The molecule has 2 aromatic carbocycles. The van der Waals surface area contributed by atoms with Gasteiger partial charge in [0.2, 0.25) is 11.6 Å².